The Balaban J connectivity index is 1.89. The molecule has 0 atom stereocenters. The molecule has 170 valence electrons. The number of hydrogen-bond donors (Lipinski definition) is 2. The Morgan fingerprint density at radius 1 is 0.939 bits per heavy atom. The van der Waals surface area contributed by atoms with Gasteiger partial charge in [-0.3, -0.25) is 9.36 Å². The first-order valence-corrected chi connectivity index (χ1v) is 12.5. The van der Waals surface area contributed by atoms with E-state index in [0.717, 1.165) is 16.8 Å². The van der Waals surface area contributed by atoms with Gasteiger partial charge in [-0.2, -0.15) is 0 Å². The smallest absolute Gasteiger partial charge is 0.354 e. The van der Waals surface area contributed by atoms with Crippen LogP contribution in [0.1, 0.15) is 30.5 Å². The molecule has 0 aromatic heterocycles. The maximum absolute atomic E-state index is 13.4. The third-order valence-corrected chi connectivity index (χ3v) is 7.40. The molecule has 0 unspecified atom stereocenters. The number of carbonyl (C=O) groups excluding carboxylic acids is 1. The van der Waals surface area contributed by atoms with Gasteiger partial charge in [0, 0.05) is 16.9 Å². The minimum absolute atomic E-state index is 0.233. The highest BCUT2D eigenvalue weighted by molar-refractivity contribution is 7.62. The van der Waals surface area contributed by atoms with E-state index in [1.54, 1.807) is 32.0 Å². The second kappa shape index (κ2) is 9.75. The van der Waals surface area contributed by atoms with Gasteiger partial charge in [-0.1, -0.05) is 48.0 Å². The molecule has 3 aromatic carbocycles. The lowest BCUT2D eigenvalue weighted by Crippen LogP contribution is -2.12. The Hall–Kier alpha value is -3.18. The van der Waals surface area contributed by atoms with Crippen LogP contribution >= 0.6 is 7.60 Å². The van der Waals surface area contributed by atoms with Crippen molar-refractivity contribution in [2.45, 2.75) is 20.8 Å². The zero-order valence-electron chi connectivity index (χ0n) is 18.9. The van der Waals surface area contributed by atoms with Gasteiger partial charge in [0.1, 0.15) is 0 Å². The Bertz CT molecular complexity index is 1230. The van der Waals surface area contributed by atoms with Crippen molar-refractivity contribution in [2.24, 2.45) is 0 Å². The molecule has 0 bridgehead atoms. The van der Waals surface area contributed by atoms with Crippen molar-refractivity contribution in [1.29, 1.82) is 0 Å². The van der Waals surface area contributed by atoms with E-state index in [4.69, 9.17) is 9.05 Å². The number of amides is 1. The average molecular weight is 462 g/mol. The summed E-state index contributed by atoms with van der Waals surface area (Å²) in [5.74, 6) is -0.233. The number of rotatable bonds is 8. The van der Waals surface area contributed by atoms with Gasteiger partial charge in [0.15, 0.2) is 0 Å². The third kappa shape index (κ3) is 4.79. The van der Waals surface area contributed by atoms with E-state index >= 15 is 0 Å². The SMILES string of the molecule is CCOP(=O)(OCC)c1ccc2c(c1)C(=C(Nc1ccc(C)cc1)c1ccccc1)C(=O)N2. The van der Waals surface area contributed by atoms with Gasteiger partial charge < -0.3 is 19.7 Å². The summed E-state index contributed by atoms with van der Waals surface area (Å²) >= 11 is 0. The van der Waals surface area contributed by atoms with Crippen molar-refractivity contribution in [1.82, 2.24) is 0 Å². The van der Waals surface area contributed by atoms with Gasteiger partial charge in [0.25, 0.3) is 5.91 Å². The minimum Gasteiger partial charge on any atom is -0.354 e. The van der Waals surface area contributed by atoms with Crippen molar-refractivity contribution in [3.8, 4) is 0 Å². The number of fused-ring (bicyclic) bond motifs is 1. The van der Waals surface area contributed by atoms with Crippen LogP contribution in [-0.2, 0) is 18.4 Å². The molecule has 3 aromatic rings. The van der Waals surface area contributed by atoms with Gasteiger partial charge in [0.2, 0.25) is 0 Å². The van der Waals surface area contributed by atoms with E-state index in [1.807, 2.05) is 61.5 Å². The molecule has 1 aliphatic heterocycles. The second-order valence-electron chi connectivity index (χ2n) is 7.62. The summed E-state index contributed by atoms with van der Waals surface area (Å²) in [5.41, 5.74) is 5.30. The summed E-state index contributed by atoms with van der Waals surface area (Å²) in [6, 6.07) is 22.8. The summed E-state index contributed by atoms with van der Waals surface area (Å²) in [6.07, 6.45) is 0. The van der Waals surface area contributed by atoms with E-state index in [9.17, 15) is 9.36 Å². The van der Waals surface area contributed by atoms with E-state index in [2.05, 4.69) is 10.6 Å². The van der Waals surface area contributed by atoms with Crippen LogP contribution in [0.2, 0.25) is 0 Å². The zero-order valence-corrected chi connectivity index (χ0v) is 19.8. The number of aryl methyl sites for hydroxylation is 1. The molecule has 4 rings (SSSR count). The lowest BCUT2D eigenvalue weighted by molar-refractivity contribution is -0.110. The van der Waals surface area contributed by atoms with Crippen LogP contribution in [0, 0.1) is 6.92 Å². The van der Waals surface area contributed by atoms with Crippen molar-refractivity contribution < 1.29 is 18.4 Å². The van der Waals surface area contributed by atoms with Crippen LogP contribution in [0.4, 0.5) is 11.4 Å². The number of hydrogen-bond acceptors (Lipinski definition) is 5. The first kappa shape index (κ1) is 23.0. The summed E-state index contributed by atoms with van der Waals surface area (Å²) in [7, 11) is -3.51. The van der Waals surface area contributed by atoms with Gasteiger partial charge in [-0.25, -0.2) is 0 Å². The zero-order chi connectivity index (χ0) is 23.4. The number of benzene rings is 3. The lowest BCUT2D eigenvalue weighted by atomic mass is 10.00. The third-order valence-electron chi connectivity index (χ3n) is 5.30. The highest BCUT2D eigenvalue weighted by Crippen LogP contribution is 2.48. The van der Waals surface area contributed by atoms with E-state index in [0.29, 0.717) is 27.8 Å². The quantitative estimate of drug-likeness (QED) is 0.326. The molecule has 0 radical (unpaired) electrons. The molecule has 1 amide bonds. The van der Waals surface area contributed by atoms with Crippen molar-refractivity contribution in [2.75, 3.05) is 23.8 Å². The molecule has 0 spiro atoms. The molecular formula is C26H27N2O4P. The summed E-state index contributed by atoms with van der Waals surface area (Å²) < 4.78 is 24.4. The standard InChI is InChI=1S/C26H27N2O4P/c1-4-31-33(30,32-5-2)21-15-16-23-22(17-21)24(26(29)28-23)25(19-9-7-6-8-10-19)27-20-13-11-18(3)12-14-20/h6-17,27H,4-5H2,1-3H3,(H,28,29). The van der Waals surface area contributed by atoms with Crippen LogP contribution in [0.5, 0.6) is 0 Å². The van der Waals surface area contributed by atoms with Crippen LogP contribution in [0.15, 0.2) is 72.8 Å². The molecule has 1 heterocycles. The lowest BCUT2D eigenvalue weighted by Gasteiger charge is -2.18. The molecule has 0 saturated carbocycles. The first-order valence-electron chi connectivity index (χ1n) is 10.9. The Morgan fingerprint density at radius 3 is 2.24 bits per heavy atom. The Labute approximate surface area is 194 Å². The van der Waals surface area contributed by atoms with E-state index in [1.165, 1.54) is 0 Å². The van der Waals surface area contributed by atoms with Crippen LogP contribution in [0.25, 0.3) is 11.3 Å². The van der Waals surface area contributed by atoms with Crippen molar-refractivity contribution >= 4 is 41.5 Å². The van der Waals surface area contributed by atoms with Gasteiger partial charge in [-0.05, 0) is 56.7 Å². The highest BCUT2D eigenvalue weighted by atomic mass is 31.2. The molecular weight excluding hydrogens is 435 g/mol. The predicted octanol–water partition coefficient (Wildman–Crippen LogP) is 5.82. The second-order valence-corrected chi connectivity index (χ2v) is 9.65. The molecule has 6 nitrogen and oxygen atoms in total. The van der Waals surface area contributed by atoms with Gasteiger partial charge in [0.05, 0.1) is 29.8 Å². The van der Waals surface area contributed by atoms with Crippen molar-refractivity contribution in [3.05, 3.63) is 89.5 Å². The Morgan fingerprint density at radius 2 is 1.61 bits per heavy atom. The molecule has 1 aliphatic rings. The van der Waals surface area contributed by atoms with Crippen LogP contribution in [-0.4, -0.2) is 19.1 Å². The van der Waals surface area contributed by atoms with Gasteiger partial charge >= 0.3 is 7.60 Å². The van der Waals surface area contributed by atoms with Crippen molar-refractivity contribution in [3.63, 3.8) is 0 Å². The fourth-order valence-corrected chi connectivity index (χ4v) is 5.36. The topological polar surface area (TPSA) is 76.7 Å². The monoisotopic (exact) mass is 462 g/mol. The molecule has 2 N–H and O–H groups in total. The largest absolute Gasteiger partial charge is 0.361 e. The summed E-state index contributed by atoms with van der Waals surface area (Å²) in [5, 5.41) is 6.78. The fraction of sp³-hybridized carbons (Fsp3) is 0.192. The maximum atomic E-state index is 13.4. The number of anilines is 2. The van der Waals surface area contributed by atoms with E-state index in [-0.39, 0.29) is 19.1 Å². The van der Waals surface area contributed by atoms with E-state index < -0.39 is 7.60 Å². The average Bonchev–Trinajstić information content (AvgIpc) is 3.14. The molecule has 0 aliphatic carbocycles. The van der Waals surface area contributed by atoms with Crippen LogP contribution in [0.3, 0.4) is 0 Å². The molecule has 0 saturated heterocycles. The van der Waals surface area contributed by atoms with Crippen LogP contribution < -0.4 is 15.9 Å². The molecule has 7 heteroatoms. The molecule has 33 heavy (non-hydrogen) atoms. The minimum atomic E-state index is -3.51. The number of carbonyl (C=O) groups is 1. The predicted molar refractivity (Wildman–Crippen MR) is 134 cm³/mol. The Kier molecular flexibility index (Phi) is 6.80. The van der Waals surface area contributed by atoms with Gasteiger partial charge in [-0.15, -0.1) is 0 Å². The highest BCUT2D eigenvalue weighted by Gasteiger charge is 2.33. The summed E-state index contributed by atoms with van der Waals surface area (Å²) in [6.45, 7) is 6.07. The normalized spacial score (nSPS) is 14.6. The molecule has 0 fully saturated rings. The maximum Gasteiger partial charge on any atom is 0.361 e. The number of nitrogens with one attached hydrogen (secondary N) is 2. The summed E-state index contributed by atoms with van der Waals surface area (Å²) in [4.78, 5) is 13.2. The first-order chi connectivity index (χ1) is 15.9. The fourth-order valence-electron chi connectivity index (χ4n) is 3.77.